The van der Waals surface area contributed by atoms with E-state index in [0.29, 0.717) is 0 Å². The molecular weight excluding hydrogens is 180 g/mol. The summed E-state index contributed by atoms with van der Waals surface area (Å²) in [7, 11) is 0. The molecule has 0 radical (unpaired) electrons. The van der Waals surface area contributed by atoms with Crippen molar-refractivity contribution in [2.45, 2.75) is 18.4 Å². The van der Waals surface area contributed by atoms with Gasteiger partial charge in [0.1, 0.15) is 17.8 Å². The lowest BCUT2D eigenvalue weighted by Gasteiger charge is -2.08. The maximum Gasteiger partial charge on any atom is 0.311 e. The standard InChI is InChI=1S/C11H10O3/c1-11-6-4-2-3-5-7(6)14-9(11)8(11)10(12)13/h2-5,8-9H,1H3,(H,12,13). The van der Waals surface area contributed by atoms with Gasteiger partial charge in [0.25, 0.3) is 0 Å². The summed E-state index contributed by atoms with van der Waals surface area (Å²) in [6, 6.07) is 7.68. The average molecular weight is 190 g/mol. The van der Waals surface area contributed by atoms with Crippen LogP contribution >= 0.6 is 0 Å². The lowest BCUT2D eigenvalue weighted by atomic mass is 9.95. The summed E-state index contributed by atoms with van der Waals surface area (Å²) in [5, 5.41) is 8.97. The summed E-state index contributed by atoms with van der Waals surface area (Å²) in [6.45, 7) is 1.96. The summed E-state index contributed by atoms with van der Waals surface area (Å²) >= 11 is 0. The van der Waals surface area contributed by atoms with E-state index in [1.54, 1.807) is 0 Å². The second kappa shape index (κ2) is 2.11. The Hall–Kier alpha value is -1.51. The SMILES string of the molecule is CC12c3ccccc3OC1C2C(=O)O. The lowest BCUT2D eigenvalue weighted by molar-refractivity contribution is -0.139. The van der Waals surface area contributed by atoms with E-state index >= 15 is 0 Å². The maximum absolute atomic E-state index is 10.9. The van der Waals surface area contributed by atoms with Gasteiger partial charge in [0.05, 0.1) is 5.41 Å². The van der Waals surface area contributed by atoms with Gasteiger partial charge >= 0.3 is 5.97 Å². The number of carbonyl (C=O) groups is 1. The third kappa shape index (κ3) is 0.672. The van der Waals surface area contributed by atoms with E-state index in [1.165, 1.54) is 0 Å². The van der Waals surface area contributed by atoms with Crippen molar-refractivity contribution in [1.29, 1.82) is 0 Å². The molecule has 72 valence electrons. The van der Waals surface area contributed by atoms with Crippen LogP contribution in [-0.4, -0.2) is 17.2 Å². The molecule has 1 fully saturated rings. The zero-order valence-electron chi connectivity index (χ0n) is 7.73. The van der Waals surface area contributed by atoms with Crippen molar-refractivity contribution in [2.75, 3.05) is 0 Å². The minimum absolute atomic E-state index is 0.155. The third-order valence-corrected chi connectivity index (χ3v) is 3.42. The molecule has 14 heavy (non-hydrogen) atoms. The molecule has 0 aromatic heterocycles. The van der Waals surface area contributed by atoms with Crippen molar-refractivity contribution < 1.29 is 14.6 Å². The second-order valence-electron chi connectivity index (χ2n) is 4.13. The molecule has 1 aromatic rings. The summed E-state index contributed by atoms with van der Waals surface area (Å²) in [6.07, 6.45) is -0.155. The molecule has 3 heteroatoms. The average Bonchev–Trinajstić information content (AvgIpc) is 2.63. The van der Waals surface area contributed by atoms with E-state index < -0.39 is 5.97 Å². The van der Waals surface area contributed by atoms with Crippen LogP contribution in [-0.2, 0) is 10.2 Å². The summed E-state index contributed by atoms with van der Waals surface area (Å²) in [5.41, 5.74) is 0.750. The molecule has 0 saturated heterocycles. The molecule has 0 spiro atoms. The van der Waals surface area contributed by atoms with Gasteiger partial charge in [0, 0.05) is 5.56 Å². The van der Waals surface area contributed by atoms with E-state index in [2.05, 4.69) is 0 Å². The van der Waals surface area contributed by atoms with Gasteiger partial charge in [-0.2, -0.15) is 0 Å². The van der Waals surface area contributed by atoms with Crippen LogP contribution in [0.4, 0.5) is 0 Å². The second-order valence-corrected chi connectivity index (χ2v) is 4.13. The van der Waals surface area contributed by atoms with Crippen molar-refractivity contribution in [1.82, 2.24) is 0 Å². The van der Waals surface area contributed by atoms with Gasteiger partial charge in [-0.1, -0.05) is 25.1 Å². The summed E-state index contributed by atoms with van der Waals surface area (Å²) in [5.74, 6) is -0.276. The predicted octanol–water partition coefficient (Wildman–Crippen LogP) is 1.42. The third-order valence-electron chi connectivity index (χ3n) is 3.42. The van der Waals surface area contributed by atoms with E-state index in [-0.39, 0.29) is 17.4 Å². The van der Waals surface area contributed by atoms with Crippen LogP contribution in [0.5, 0.6) is 5.75 Å². The Labute approximate surface area is 81.3 Å². The molecule has 1 aliphatic heterocycles. The van der Waals surface area contributed by atoms with Crippen LogP contribution in [0.1, 0.15) is 12.5 Å². The van der Waals surface area contributed by atoms with Crippen molar-refractivity contribution in [3.8, 4) is 5.75 Å². The number of fused-ring (bicyclic) bond motifs is 3. The molecular formula is C11H10O3. The number of para-hydroxylation sites is 1. The number of rotatable bonds is 1. The molecule has 1 aromatic carbocycles. The molecule has 3 nitrogen and oxygen atoms in total. The van der Waals surface area contributed by atoms with Crippen LogP contribution in [0.25, 0.3) is 0 Å². The summed E-state index contributed by atoms with van der Waals surface area (Å²) in [4.78, 5) is 10.9. The van der Waals surface area contributed by atoms with Gasteiger partial charge in [-0.25, -0.2) is 0 Å². The first-order valence-electron chi connectivity index (χ1n) is 4.64. The highest BCUT2D eigenvalue weighted by atomic mass is 16.5. The van der Waals surface area contributed by atoms with Gasteiger partial charge in [0.15, 0.2) is 0 Å². The molecule has 1 aliphatic carbocycles. The molecule has 0 amide bonds. The number of aliphatic carboxylic acids is 1. The van der Waals surface area contributed by atoms with Gasteiger partial charge < -0.3 is 9.84 Å². The molecule has 3 atom stereocenters. The monoisotopic (exact) mass is 190 g/mol. The van der Waals surface area contributed by atoms with Crippen LogP contribution in [0, 0.1) is 5.92 Å². The molecule has 3 rings (SSSR count). The Kier molecular flexibility index (Phi) is 1.18. The molecule has 1 heterocycles. The number of benzene rings is 1. The van der Waals surface area contributed by atoms with Crippen molar-refractivity contribution in [3.63, 3.8) is 0 Å². The van der Waals surface area contributed by atoms with Gasteiger partial charge in [-0.3, -0.25) is 4.79 Å². The van der Waals surface area contributed by atoms with Crippen molar-refractivity contribution >= 4 is 5.97 Å². The van der Waals surface area contributed by atoms with Gasteiger partial charge in [0.2, 0.25) is 0 Å². The fourth-order valence-electron chi connectivity index (χ4n) is 2.52. The number of hydrogen-bond acceptors (Lipinski definition) is 2. The Morgan fingerprint density at radius 2 is 2.21 bits per heavy atom. The van der Waals surface area contributed by atoms with E-state index in [9.17, 15) is 4.79 Å². The van der Waals surface area contributed by atoms with Crippen LogP contribution in [0.15, 0.2) is 24.3 Å². The predicted molar refractivity (Wildman–Crippen MR) is 49.3 cm³/mol. The molecule has 1 saturated carbocycles. The quantitative estimate of drug-likeness (QED) is 0.728. The normalized spacial score (nSPS) is 36.9. The number of carboxylic acid groups (broad SMARTS) is 1. The highest BCUT2D eigenvalue weighted by Gasteiger charge is 2.72. The molecule has 2 aliphatic rings. The van der Waals surface area contributed by atoms with Crippen molar-refractivity contribution in [2.24, 2.45) is 5.92 Å². The van der Waals surface area contributed by atoms with Crippen LogP contribution in [0.2, 0.25) is 0 Å². The largest absolute Gasteiger partial charge is 0.488 e. The van der Waals surface area contributed by atoms with E-state index in [0.717, 1.165) is 11.3 Å². The Balaban J connectivity index is 2.09. The van der Waals surface area contributed by atoms with Crippen LogP contribution < -0.4 is 4.74 Å². The van der Waals surface area contributed by atoms with Crippen LogP contribution in [0.3, 0.4) is 0 Å². The first-order chi connectivity index (χ1) is 6.65. The Bertz CT molecular complexity index is 426. The smallest absolute Gasteiger partial charge is 0.311 e. The van der Waals surface area contributed by atoms with Gasteiger partial charge in [-0.15, -0.1) is 0 Å². The molecule has 3 unspecified atom stereocenters. The zero-order valence-corrected chi connectivity index (χ0v) is 7.73. The zero-order chi connectivity index (χ0) is 9.92. The maximum atomic E-state index is 10.9. The summed E-state index contributed by atoms with van der Waals surface area (Å²) < 4.78 is 5.58. The first kappa shape index (κ1) is 7.85. The van der Waals surface area contributed by atoms with E-state index in [1.807, 2.05) is 31.2 Å². The number of carboxylic acids is 1. The number of hydrogen-bond donors (Lipinski definition) is 1. The number of ether oxygens (including phenoxy) is 1. The topological polar surface area (TPSA) is 46.5 Å². The molecule has 1 N–H and O–H groups in total. The molecule has 0 bridgehead atoms. The van der Waals surface area contributed by atoms with E-state index in [4.69, 9.17) is 9.84 Å². The van der Waals surface area contributed by atoms with Crippen molar-refractivity contribution in [3.05, 3.63) is 29.8 Å². The fourth-order valence-corrected chi connectivity index (χ4v) is 2.52. The van der Waals surface area contributed by atoms with Gasteiger partial charge in [-0.05, 0) is 6.07 Å². The highest BCUT2D eigenvalue weighted by molar-refractivity contribution is 5.81. The Morgan fingerprint density at radius 1 is 1.50 bits per heavy atom. The lowest BCUT2D eigenvalue weighted by Crippen LogP contribution is -2.11. The highest BCUT2D eigenvalue weighted by Crippen LogP contribution is 2.62. The fraction of sp³-hybridized carbons (Fsp3) is 0.364. The minimum atomic E-state index is -0.757. The minimum Gasteiger partial charge on any atom is -0.488 e. The first-order valence-corrected chi connectivity index (χ1v) is 4.64. The Morgan fingerprint density at radius 3 is 2.93 bits per heavy atom.